The summed E-state index contributed by atoms with van der Waals surface area (Å²) in [6.45, 7) is 0.493. The number of fused-ring (bicyclic) bond motifs is 3. The van der Waals surface area contributed by atoms with Crippen LogP contribution in [0.5, 0.6) is 17.2 Å². The Balaban J connectivity index is 1.68. The van der Waals surface area contributed by atoms with Crippen LogP contribution in [-0.2, 0) is 6.54 Å². The molecule has 166 valence electrons. The predicted molar refractivity (Wildman–Crippen MR) is 125 cm³/mol. The van der Waals surface area contributed by atoms with Gasteiger partial charge in [-0.3, -0.25) is 4.98 Å². The molecule has 0 aliphatic rings. The van der Waals surface area contributed by atoms with E-state index in [0.717, 1.165) is 22.3 Å². The molecule has 0 atom stereocenters. The Bertz CT molecular complexity index is 1440. The number of benzene rings is 2. The highest BCUT2D eigenvalue weighted by molar-refractivity contribution is 5.95. The summed E-state index contributed by atoms with van der Waals surface area (Å²) in [4.78, 5) is 13.8. The lowest BCUT2D eigenvalue weighted by Gasteiger charge is -2.13. The largest absolute Gasteiger partial charge is 0.496 e. The lowest BCUT2D eigenvalue weighted by molar-refractivity contribution is 0.356. The molecule has 0 radical (unpaired) electrons. The fourth-order valence-corrected chi connectivity index (χ4v) is 3.69. The van der Waals surface area contributed by atoms with Crippen molar-refractivity contribution in [1.82, 2.24) is 24.6 Å². The molecule has 0 spiro atoms. The van der Waals surface area contributed by atoms with Crippen molar-refractivity contribution in [3.63, 3.8) is 0 Å². The molecule has 3 aromatic heterocycles. The Kier molecular flexibility index (Phi) is 5.35. The lowest BCUT2D eigenvalue weighted by Crippen LogP contribution is -2.09. The first-order valence-corrected chi connectivity index (χ1v) is 10.3. The molecule has 0 aliphatic heterocycles. The number of hydrogen-bond acceptors (Lipinski definition) is 8. The fraction of sp³-hybridized carbons (Fsp3) is 0.167. The third kappa shape index (κ3) is 3.73. The van der Waals surface area contributed by atoms with Crippen molar-refractivity contribution in [2.75, 3.05) is 26.6 Å². The van der Waals surface area contributed by atoms with Crippen LogP contribution in [0.4, 0.5) is 5.95 Å². The SMILES string of the molecule is COc1ccccc1CNc1nc2cc(OC)c(OC)cc2c2nc(-c3cccnc3)nn12. The number of ether oxygens (including phenoxy) is 3. The first-order valence-electron chi connectivity index (χ1n) is 10.3. The number of aromatic nitrogens is 5. The molecular formula is C24H22N6O3. The number of hydrogen-bond donors (Lipinski definition) is 1. The van der Waals surface area contributed by atoms with Gasteiger partial charge in [-0.25, -0.2) is 9.97 Å². The number of anilines is 1. The topological polar surface area (TPSA) is 95.7 Å². The minimum atomic E-state index is 0.493. The average molecular weight is 442 g/mol. The first kappa shape index (κ1) is 20.5. The van der Waals surface area contributed by atoms with Crippen LogP contribution in [-0.4, -0.2) is 45.9 Å². The van der Waals surface area contributed by atoms with Gasteiger partial charge in [0.25, 0.3) is 0 Å². The van der Waals surface area contributed by atoms with Crippen LogP contribution in [0.1, 0.15) is 5.56 Å². The Morgan fingerprint density at radius 2 is 1.67 bits per heavy atom. The van der Waals surface area contributed by atoms with E-state index in [-0.39, 0.29) is 0 Å². The Hall–Kier alpha value is -4.40. The second-order valence-corrected chi connectivity index (χ2v) is 7.24. The van der Waals surface area contributed by atoms with Gasteiger partial charge in [-0.2, -0.15) is 4.52 Å². The summed E-state index contributed by atoms with van der Waals surface area (Å²) in [5, 5.41) is 8.90. The van der Waals surface area contributed by atoms with Gasteiger partial charge in [0.1, 0.15) is 5.75 Å². The van der Waals surface area contributed by atoms with Crippen LogP contribution in [0.3, 0.4) is 0 Å². The molecule has 0 unspecified atom stereocenters. The Morgan fingerprint density at radius 1 is 0.879 bits per heavy atom. The highest BCUT2D eigenvalue weighted by atomic mass is 16.5. The van der Waals surface area contributed by atoms with E-state index in [9.17, 15) is 0 Å². The van der Waals surface area contributed by atoms with Crippen LogP contribution in [0.2, 0.25) is 0 Å². The smallest absolute Gasteiger partial charge is 0.226 e. The van der Waals surface area contributed by atoms with Crippen molar-refractivity contribution in [1.29, 1.82) is 0 Å². The molecule has 33 heavy (non-hydrogen) atoms. The summed E-state index contributed by atoms with van der Waals surface area (Å²) < 4.78 is 18.2. The van der Waals surface area contributed by atoms with Gasteiger partial charge >= 0.3 is 0 Å². The molecule has 0 amide bonds. The van der Waals surface area contributed by atoms with Gasteiger partial charge in [-0.05, 0) is 24.3 Å². The molecule has 0 saturated carbocycles. The number of para-hydroxylation sites is 1. The van der Waals surface area contributed by atoms with Crippen molar-refractivity contribution in [2.24, 2.45) is 0 Å². The van der Waals surface area contributed by atoms with Gasteiger partial charge in [0.15, 0.2) is 23.0 Å². The molecule has 1 N–H and O–H groups in total. The van der Waals surface area contributed by atoms with Crippen molar-refractivity contribution >= 4 is 22.5 Å². The van der Waals surface area contributed by atoms with Crippen LogP contribution >= 0.6 is 0 Å². The molecule has 0 saturated heterocycles. The van der Waals surface area contributed by atoms with Crippen molar-refractivity contribution in [2.45, 2.75) is 6.54 Å². The molecule has 0 bridgehead atoms. The molecular weight excluding hydrogens is 420 g/mol. The molecule has 0 aliphatic carbocycles. The van der Waals surface area contributed by atoms with E-state index < -0.39 is 0 Å². The maximum Gasteiger partial charge on any atom is 0.226 e. The van der Waals surface area contributed by atoms with Gasteiger partial charge in [-0.1, -0.05) is 18.2 Å². The molecule has 2 aromatic carbocycles. The Labute approximate surface area is 190 Å². The number of pyridine rings is 1. The van der Waals surface area contributed by atoms with Gasteiger partial charge in [0.2, 0.25) is 5.95 Å². The van der Waals surface area contributed by atoms with Crippen LogP contribution < -0.4 is 19.5 Å². The zero-order chi connectivity index (χ0) is 22.8. The molecule has 0 fully saturated rings. The number of nitrogens with one attached hydrogen (secondary N) is 1. The monoisotopic (exact) mass is 442 g/mol. The Morgan fingerprint density at radius 3 is 2.42 bits per heavy atom. The van der Waals surface area contributed by atoms with Crippen LogP contribution in [0, 0.1) is 0 Å². The van der Waals surface area contributed by atoms with Crippen LogP contribution in [0.15, 0.2) is 60.9 Å². The maximum absolute atomic E-state index is 5.50. The highest BCUT2D eigenvalue weighted by Crippen LogP contribution is 2.34. The highest BCUT2D eigenvalue weighted by Gasteiger charge is 2.18. The number of rotatable bonds is 7. The summed E-state index contributed by atoms with van der Waals surface area (Å²) in [5.74, 6) is 3.06. The van der Waals surface area contributed by atoms with Gasteiger partial charge in [-0.15, -0.1) is 5.10 Å². The normalized spacial score (nSPS) is 11.0. The van der Waals surface area contributed by atoms with E-state index in [1.54, 1.807) is 38.2 Å². The predicted octanol–water partition coefficient (Wildman–Crippen LogP) is 3.98. The summed E-state index contributed by atoms with van der Waals surface area (Å²) in [6.07, 6.45) is 3.45. The summed E-state index contributed by atoms with van der Waals surface area (Å²) in [5.41, 5.74) is 3.15. The van der Waals surface area contributed by atoms with Gasteiger partial charge < -0.3 is 19.5 Å². The maximum atomic E-state index is 5.50. The molecule has 5 aromatic rings. The van der Waals surface area contributed by atoms with E-state index in [1.165, 1.54) is 0 Å². The average Bonchev–Trinajstić information content (AvgIpc) is 3.33. The van der Waals surface area contributed by atoms with Crippen molar-refractivity contribution in [3.8, 4) is 28.6 Å². The van der Waals surface area contributed by atoms with Gasteiger partial charge in [0.05, 0.1) is 26.8 Å². The van der Waals surface area contributed by atoms with E-state index in [4.69, 9.17) is 29.3 Å². The summed E-state index contributed by atoms with van der Waals surface area (Å²) in [7, 11) is 4.85. The second-order valence-electron chi connectivity index (χ2n) is 7.24. The summed E-state index contributed by atoms with van der Waals surface area (Å²) >= 11 is 0. The third-order valence-corrected chi connectivity index (χ3v) is 5.33. The van der Waals surface area contributed by atoms with Gasteiger partial charge in [0, 0.05) is 41.5 Å². The van der Waals surface area contributed by atoms with Crippen molar-refractivity contribution < 1.29 is 14.2 Å². The lowest BCUT2D eigenvalue weighted by atomic mass is 10.2. The number of nitrogens with zero attached hydrogens (tertiary/aromatic N) is 5. The molecule has 5 rings (SSSR count). The fourth-order valence-electron chi connectivity index (χ4n) is 3.69. The molecule has 3 heterocycles. The van der Waals surface area contributed by atoms with E-state index in [1.807, 2.05) is 48.5 Å². The van der Waals surface area contributed by atoms with Crippen LogP contribution in [0.25, 0.3) is 27.9 Å². The zero-order valence-corrected chi connectivity index (χ0v) is 18.4. The van der Waals surface area contributed by atoms with E-state index >= 15 is 0 Å². The molecule has 9 nitrogen and oxygen atoms in total. The first-order chi connectivity index (χ1) is 16.2. The zero-order valence-electron chi connectivity index (χ0n) is 18.4. The van der Waals surface area contributed by atoms with E-state index in [2.05, 4.69) is 10.3 Å². The molecule has 9 heteroatoms. The summed E-state index contributed by atoms with van der Waals surface area (Å²) in [6, 6.07) is 15.3. The number of methoxy groups -OCH3 is 3. The minimum absolute atomic E-state index is 0.493. The standard InChI is InChI=1S/C24H22N6O3/c1-31-19-9-5-4-7-15(19)14-26-24-27-18-12-21(33-3)20(32-2)11-17(18)23-28-22(29-30(23)24)16-8-6-10-25-13-16/h4-13H,14H2,1-3H3,(H,26,27). The second kappa shape index (κ2) is 8.62. The third-order valence-electron chi connectivity index (χ3n) is 5.33. The van der Waals surface area contributed by atoms with E-state index in [0.29, 0.717) is 41.0 Å². The minimum Gasteiger partial charge on any atom is -0.496 e. The van der Waals surface area contributed by atoms with Crippen molar-refractivity contribution in [3.05, 3.63) is 66.5 Å². The quantitative estimate of drug-likeness (QED) is 0.404.